The number of benzene rings is 2. The summed E-state index contributed by atoms with van der Waals surface area (Å²) in [4.78, 5) is 19.1. The van der Waals surface area contributed by atoms with Gasteiger partial charge in [0.15, 0.2) is 0 Å². The summed E-state index contributed by atoms with van der Waals surface area (Å²) in [6, 6.07) is 22.5. The van der Waals surface area contributed by atoms with E-state index < -0.39 is 10.0 Å². The van der Waals surface area contributed by atoms with Gasteiger partial charge in [-0.3, -0.25) is 9.78 Å². The number of carbonyl (C=O) groups is 1. The molecule has 9 heteroatoms. The van der Waals surface area contributed by atoms with E-state index in [0.717, 1.165) is 24.1 Å². The minimum atomic E-state index is -3.56. The first kappa shape index (κ1) is 27.3. The molecule has 0 bridgehead atoms. The molecule has 2 fully saturated rings. The fraction of sp³-hybridized carbons (Fsp3) is 0.400. The van der Waals surface area contributed by atoms with Crippen molar-refractivity contribution >= 4 is 15.9 Å². The first-order valence-electron chi connectivity index (χ1n) is 13.4. The minimum Gasteiger partial charge on any atom is -0.486 e. The van der Waals surface area contributed by atoms with Crippen LogP contribution in [0.15, 0.2) is 79.0 Å². The molecule has 1 unspecified atom stereocenters. The Balaban J connectivity index is 1.21. The van der Waals surface area contributed by atoms with E-state index in [2.05, 4.69) is 4.98 Å². The van der Waals surface area contributed by atoms with Crippen LogP contribution >= 0.6 is 0 Å². The summed E-state index contributed by atoms with van der Waals surface area (Å²) in [5.74, 6) is 0.520. The van der Waals surface area contributed by atoms with Crippen LogP contribution in [0.5, 0.6) is 5.75 Å². The Morgan fingerprint density at radius 3 is 2.51 bits per heavy atom. The molecule has 2 aromatic carbocycles. The van der Waals surface area contributed by atoms with Crippen LogP contribution in [0.25, 0.3) is 0 Å². The van der Waals surface area contributed by atoms with E-state index in [0.29, 0.717) is 43.8 Å². The maximum absolute atomic E-state index is 13.4. The van der Waals surface area contributed by atoms with Crippen molar-refractivity contribution in [2.75, 3.05) is 26.7 Å². The SMILES string of the molecule is CO[C@@H]1CN(C(=O)CCc2ccccc2)C[C@H]1Oc1cccc(CS(=O)(=O)N2CCCC2c2ccccn2)c1. The minimum absolute atomic E-state index is 0.0694. The predicted octanol–water partition coefficient (Wildman–Crippen LogP) is 3.99. The molecule has 206 valence electrons. The third-order valence-electron chi connectivity index (χ3n) is 7.47. The quantitative estimate of drug-likeness (QED) is 0.380. The van der Waals surface area contributed by atoms with Gasteiger partial charge in [-0.2, -0.15) is 4.31 Å². The highest BCUT2D eigenvalue weighted by Gasteiger charge is 2.38. The van der Waals surface area contributed by atoms with Crippen LogP contribution in [-0.4, -0.2) is 67.5 Å². The molecule has 0 saturated carbocycles. The lowest BCUT2D eigenvalue weighted by Crippen LogP contribution is -2.32. The van der Waals surface area contributed by atoms with Gasteiger partial charge in [-0.15, -0.1) is 0 Å². The molecule has 0 spiro atoms. The molecular weight excluding hydrogens is 514 g/mol. The Morgan fingerprint density at radius 1 is 0.974 bits per heavy atom. The Hall–Kier alpha value is -3.27. The predicted molar refractivity (Wildman–Crippen MR) is 149 cm³/mol. The van der Waals surface area contributed by atoms with Gasteiger partial charge >= 0.3 is 0 Å². The van der Waals surface area contributed by atoms with Gasteiger partial charge in [-0.05, 0) is 54.7 Å². The second-order valence-electron chi connectivity index (χ2n) is 10.1. The van der Waals surface area contributed by atoms with Gasteiger partial charge in [0.05, 0.1) is 30.6 Å². The standard InChI is InChI=1S/C30H35N3O5S/c1-37-28-20-32(30(34)16-15-23-9-3-2-4-10-23)21-29(28)38-25-12-7-11-24(19-25)22-39(35,36)33-18-8-14-27(33)26-13-5-6-17-31-26/h2-7,9-13,17,19,27-29H,8,14-16,18,20-22H2,1H3/t27?,28-,29-/m1/s1. The van der Waals surface area contributed by atoms with Crippen LogP contribution in [0.4, 0.5) is 0 Å². The van der Waals surface area contributed by atoms with E-state index >= 15 is 0 Å². The van der Waals surface area contributed by atoms with Crippen molar-refractivity contribution in [3.05, 3.63) is 95.8 Å². The third kappa shape index (κ3) is 6.66. The number of pyridine rings is 1. The number of rotatable bonds is 10. The lowest BCUT2D eigenvalue weighted by Gasteiger charge is -2.24. The monoisotopic (exact) mass is 549 g/mol. The van der Waals surface area contributed by atoms with Crippen molar-refractivity contribution in [3.63, 3.8) is 0 Å². The number of aromatic nitrogens is 1. The molecule has 2 aliphatic rings. The van der Waals surface area contributed by atoms with Crippen molar-refractivity contribution in [2.45, 2.75) is 49.7 Å². The van der Waals surface area contributed by atoms with Gasteiger partial charge in [0.2, 0.25) is 15.9 Å². The summed E-state index contributed by atoms with van der Waals surface area (Å²) in [6.07, 6.45) is 3.79. The van der Waals surface area contributed by atoms with Crippen molar-refractivity contribution in [2.24, 2.45) is 0 Å². The number of nitrogens with zero attached hydrogens (tertiary/aromatic N) is 3. The second-order valence-corrected chi connectivity index (χ2v) is 12.1. The van der Waals surface area contributed by atoms with E-state index in [1.54, 1.807) is 40.7 Å². The highest BCUT2D eigenvalue weighted by Crippen LogP contribution is 2.34. The fourth-order valence-electron chi connectivity index (χ4n) is 5.46. The lowest BCUT2D eigenvalue weighted by molar-refractivity contribution is -0.130. The number of hydrogen-bond donors (Lipinski definition) is 0. The number of amides is 1. The molecule has 0 radical (unpaired) electrons. The molecule has 5 rings (SSSR count). The molecule has 3 aromatic rings. The number of methoxy groups -OCH3 is 1. The van der Waals surface area contributed by atoms with Crippen LogP contribution in [0.1, 0.15) is 42.1 Å². The van der Waals surface area contributed by atoms with Gasteiger partial charge in [-0.1, -0.05) is 48.5 Å². The maximum Gasteiger partial charge on any atom is 0.223 e. The van der Waals surface area contributed by atoms with E-state index in [9.17, 15) is 13.2 Å². The number of likely N-dealkylation sites (tertiary alicyclic amines) is 1. The fourth-order valence-corrected chi connectivity index (χ4v) is 7.23. The molecule has 2 saturated heterocycles. The summed E-state index contributed by atoms with van der Waals surface area (Å²) in [5.41, 5.74) is 2.57. The Morgan fingerprint density at radius 2 is 1.74 bits per heavy atom. The Kier molecular flexibility index (Phi) is 8.60. The van der Waals surface area contributed by atoms with Gasteiger partial charge < -0.3 is 14.4 Å². The third-order valence-corrected chi connectivity index (χ3v) is 9.32. The molecule has 0 N–H and O–H groups in total. The first-order chi connectivity index (χ1) is 18.9. The number of aryl methyl sites for hydroxylation is 1. The number of hydrogen-bond acceptors (Lipinski definition) is 6. The van der Waals surface area contributed by atoms with Gasteiger partial charge in [0.1, 0.15) is 18.0 Å². The van der Waals surface area contributed by atoms with Crippen LogP contribution in [-0.2, 0) is 31.7 Å². The van der Waals surface area contributed by atoms with E-state index in [-0.39, 0.29) is 29.9 Å². The Bertz CT molecular complexity index is 1350. The Labute approximate surface area is 230 Å². The molecule has 3 heterocycles. The van der Waals surface area contributed by atoms with Crippen LogP contribution in [0, 0.1) is 0 Å². The highest BCUT2D eigenvalue weighted by atomic mass is 32.2. The lowest BCUT2D eigenvalue weighted by atomic mass is 10.1. The van der Waals surface area contributed by atoms with Crippen LogP contribution < -0.4 is 4.74 Å². The molecule has 1 aromatic heterocycles. The van der Waals surface area contributed by atoms with Gasteiger partial charge in [-0.25, -0.2) is 8.42 Å². The summed E-state index contributed by atoms with van der Waals surface area (Å²) < 4.78 is 40.3. The molecule has 1 amide bonds. The molecule has 2 aliphatic heterocycles. The van der Waals surface area contributed by atoms with E-state index in [1.807, 2.05) is 54.6 Å². The normalized spacial score (nSPS) is 21.8. The average Bonchev–Trinajstić information content (AvgIpc) is 3.61. The van der Waals surface area contributed by atoms with Crippen LogP contribution in [0.3, 0.4) is 0 Å². The number of ether oxygens (including phenoxy) is 2. The molecular formula is C30H35N3O5S. The molecule has 0 aliphatic carbocycles. The summed E-state index contributed by atoms with van der Waals surface area (Å²) >= 11 is 0. The van der Waals surface area contributed by atoms with Crippen LogP contribution in [0.2, 0.25) is 0 Å². The first-order valence-corrected chi connectivity index (χ1v) is 15.0. The summed E-state index contributed by atoms with van der Waals surface area (Å²) in [5, 5.41) is 0. The topological polar surface area (TPSA) is 89.0 Å². The summed E-state index contributed by atoms with van der Waals surface area (Å²) in [6.45, 7) is 1.38. The van der Waals surface area contributed by atoms with Crippen molar-refractivity contribution in [1.82, 2.24) is 14.2 Å². The van der Waals surface area contributed by atoms with Crippen molar-refractivity contribution in [1.29, 1.82) is 0 Å². The summed E-state index contributed by atoms with van der Waals surface area (Å²) in [7, 11) is -1.94. The zero-order valence-electron chi connectivity index (χ0n) is 22.2. The van der Waals surface area contributed by atoms with Gasteiger partial charge in [0.25, 0.3) is 0 Å². The highest BCUT2D eigenvalue weighted by molar-refractivity contribution is 7.88. The molecule has 3 atom stereocenters. The number of carbonyl (C=O) groups excluding carboxylic acids is 1. The second kappa shape index (κ2) is 12.3. The zero-order chi connectivity index (χ0) is 27.2. The van der Waals surface area contributed by atoms with Crippen molar-refractivity contribution in [3.8, 4) is 5.75 Å². The number of sulfonamides is 1. The smallest absolute Gasteiger partial charge is 0.223 e. The zero-order valence-corrected chi connectivity index (χ0v) is 23.0. The molecule has 39 heavy (non-hydrogen) atoms. The van der Waals surface area contributed by atoms with E-state index in [1.165, 1.54) is 0 Å². The maximum atomic E-state index is 13.4. The average molecular weight is 550 g/mol. The van der Waals surface area contributed by atoms with E-state index in [4.69, 9.17) is 9.47 Å². The largest absolute Gasteiger partial charge is 0.486 e. The molecule has 8 nitrogen and oxygen atoms in total. The van der Waals surface area contributed by atoms with Gasteiger partial charge in [0, 0.05) is 26.3 Å². The van der Waals surface area contributed by atoms with Crippen molar-refractivity contribution < 1.29 is 22.7 Å².